The zero-order chi connectivity index (χ0) is 35.9. The lowest BCUT2D eigenvalue weighted by Gasteiger charge is -2.28. The van der Waals surface area contributed by atoms with Gasteiger partial charge in [-0.1, -0.05) is 115 Å². The summed E-state index contributed by atoms with van der Waals surface area (Å²) in [7, 11) is 0. The minimum absolute atomic E-state index is 0.0533. The maximum Gasteiger partial charge on any atom is 0.133 e. The lowest BCUT2D eigenvalue weighted by Crippen LogP contribution is -2.25. The van der Waals surface area contributed by atoms with Gasteiger partial charge in [0.1, 0.15) is 23.6 Å². The Morgan fingerprint density at radius 1 is 0.481 bits per heavy atom. The molecule has 0 amide bonds. The number of hydrogen-bond donors (Lipinski definition) is 2. The molecular weight excluding hydrogens is 641 g/mol. The van der Waals surface area contributed by atoms with Crippen molar-refractivity contribution in [3.05, 3.63) is 190 Å². The molecule has 258 valence electrons. The van der Waals surface area contributed by atoms with Crippen molar-refractivity contribution < 1.29 is 10.2 Å². The summed E-state index contributed by atoms with van der Waals surface area (Å²) in [6.45, 7) is 4.02. The highest BCUT2D eigenvalue weighted by Gasteiger charge is 2.29. The Morgan fingerprint density at radius 2 is 0.865 bits per heavy atom. The highest BCUT2D eigenvalue weighted by atomic mass is 16.3. The predicted molar refractivity (Wildman–Crippen MR) is 214 cm³/mol. The Morgan fingerprint density at radius 3 is 1.27 bits per heavy atom. The first kappa shape index (κ1) is 34.3. The Labute approximate surface area is 305 Å². The molecule has 5 aromatic carbocycles. The van der Waals surface area contributed by atoms with Crippen LogP contribution in [0, 0.1) is 19.8 Å². The van der Waals surface area contributed by atoms with Crippen LogP contribution in [-0.2, 0) is 0 Å². The molecule has 0 saturated carbocycles. The van der Waals surface area contributed by atoms with Crippen molar-refractivity contribution in [1.29, 1.82) is 0 Å². The van der Waals surface area contributed by atoms with E-state index < -0.39 is 12.1 Å². The summed E-state index contributed by atoms with van der Waals surface area (Å²) in [6.07, 6.45) is 16.3. The molecule has 6 heteroatoms. The van der Waals surface area contributed by atoms with Gasteiger partial charge in [0.05, 0.1) is 12.1 Å². The van der Waals surface area contributed by atoms with Gasteiger partial charge in [-0.25, -0.2) is 0 Å². The molecular formula is C46H42N4O2. The fourth-order valence-electron chi connectivity index (χ4n) is 7.01. The number of fused-ring (bicyclic) bond motifs is 4. The smallest absolute Gasteiger partial charge is 0.133 e. The molecule has 2 N–H and O–H groups in total. The fourth-order valence-corrected chi connectivity index (χ4v) is 7.01. The van der Waals surface area contributed by atoms with Crippen molar-refractivity contribution in [2.45, 2.75) is 44.4 Å². The van der Waals surface area contributed by atoms with Crippen LogP contribution in [-0.4, -0.2) is 41.1 Å². The van der Waals surface area contributed by atoms with E-state index >= 15 is 0 Å². The van der Waals surface area contributed by atoms with Crippen molar-refractivity contribution in [3.8, 4) is 11.5 Å². The highest BCUT2D eigenvalue weighted by molar-refractivity contribution is 5.94. The number of phenolic OH excluding ortho intramolecular Hbond substituents is 2. The second-order valence-electron chi connectivity index (χ2n) is 13.5. The molecule has 1 heterocycles. The van der Waals surface area contributed by atoms with Gasteiger partial charge < -0.3 is 10.2 Å². The molecule has 1 aliphatic carbocycles. The SMILES string of the molecule is Cc1cc2c(O)c(c1)C=N[C@H](c1ccccc1)[C@@H](C1C=CC=CC1)N=Cc1cc(C)cc(c1O)C=N[C@H](c1ccccc1)[C@@H](c1ccccc1)N=C2. The van der Waals surface area contributed by atoms with Crippen molar-refractivity contribution in [2.75, 3.05) is 0 Å². The van der Waals surface area contributed by atoms with E-state index in [1.54, 1.807) is 24.9 Å². The fraction of sp³-hybridized carbons (Fsp3) is 0.174. The summed E-state index contributed by atoms with van der Waals surface area (Å²) in [5, 5.41) is 23.5. The van der Waals surface area contributed by atoms with Crippen molar-refractivity contribution in [3.63, 3.8) is 0 Å². The van der Waals surface area contributed by atoms with Crippen molar-refractivity contribution in [2.24, 2.45) is 25.9 Å². The van der Waals surface area contributed by atoms with Gasteiger partial charge in [-0.2, -0.15) is 0 Å². The first-order valence-electron chi connectivity index (χ1n) is 17.7. The quantitative estimate of drug-likeness (QED) is 0.198. The lowest BCUT2D eigenvalue weighted by atomic mass is 9.85. The molecule has 1 unspecified atom stereocenters. The van der Waals surface area contributed by atoms with Crippen LogP contribution in [0.25, 0.3) is 0 Å². The number of nitrogens with zero attached hydrogens (tertiary/aromatic N) is 4. The van der Waals surface area contributed by atoms with Gasteiger partial charge in [-0.15, -0.1) is 0 Å². The summed E-state index contributed by atoms with van der Waals surface area (Å²) >= 11 is 0. The maximum absolute atomic E-state index is 11.7. The van der Waals surface area contributed by atoms with Gasteiger partial charge >= 0.3 is 0 Å². The van der Waals surface area contributed by atoms with E-state index in [2.05, 4.69) is 36.4 Å². The van der Waals surface area contributed by atoms with Gasteiger partial charge in [-0.3, -0.25) is 20.0 Å². The maximum atomic E-state index is 11.7. The summed E-state index contributed by atoms with van der Waals surface area (Å²) in [6, 6.07) is 36.5. The molecule has 5 aromatic rings. The molecule has 0 spiro atoms. The van der Waals surface area contributed by atoms with E-state index in [1.807, 2.05) is 117 Å². The first-order valence-corrected chi connectivity index (χ1v) is 17.7. The zero-order valence-electron chi connectivity index (χ0n) is 29.4. The van der Waals surface area contributed by atoms with Crippen LogP contribution in [0.1, 0.15) is 74.6 Å². The Balaban J connectivity index is 1.46. The van der Waals surface area contributed by atoms with Crippen LogP contribution in [0.2, 0.25) is 0 Å². The number of aliphatic imine (C=N–C) groups is 4. The van der Waals surface area contributed by atoms with E-state index in [0.717, 1.165) is 34.2 Å². The topological polar surface area (TPSA) is 89.9 Å². The molecule has 0 fully saturated rings. The number of hydrogen-bond acceptors (Lipinski definition) is 6. The number of phenols is 2. The van der Waals surface area contributed by atoms with E-state index in [0.29, 0.717) is 22.3 Å². The lowest BCUT2D eigenvalue weighted by molar-refractivity contribution is 0.437. The van der Waals surface area contributed by atoms with Gasteiger partial charge in [0, 0.05) is 53.0 Å². The summed E-state index contributed by atoms with van der Waals surface area (Å²) in [4.78, 5) is 20.7. The molecule has 7 rings (SSSR count). The van der Waals surface area contributed by atoms with Gasteiger partial charge in [0.15, 0.2) is 0 Å². The molecule has 52 heavy (non-hydrogen) atoms. The Bertz CT molecular complexity index is 2190. The van der Waals surface area contributed by atoms with Crippen LogP contribution in [0.5, 0.6) is 11.5 Å². The van der Waals surface area contributed by atoms with E-state index in [1.165, 1.54) is 0 Å². The molecule has 4 bridgehead atoms. The number of aryl methyl sites for hydroxylation is 2. The summed E-state index contributed by atoms with van der Waals surface area (Å²) < 4.78 is 0. The van der Waals surface area contributed by atoms with Crippen LogP contribution in [0.4, 0.5) is 0 Å². The number of aromatic hydroxyl groups is 2. The van der Waals surface area contributed by atoms with E-state index in [-0.39, 0.29) is 29.5 Å². The molecule has 1 aliphatic heterocycles. The van der Waals surface area contributed by atoms with Gasteiger partial charge in [-0.05, 0) is 72.4 Å². The average Bonchev–Trinajstić information content (AvgIpc) is 3.18. The third kappa shape index (κ3) is 7.77. The third-order valence-electron chi connectivity index (χ3n) is 9.63. The summed E-state index contributed by atoms with van der Waals surface area (Å²) in [5.74, 6) is 0.268. The van der Waals surface area contributed by atoms with E-state index in [4.69, 9.17) is 20.0 Å². The van der Waals surface area contributed by atoms with Crippen LogP contribution >= 0.6 is 0 Å². The van der Waals surface area contributed by atoms with E-state index in [9.17, 15) is 10.2 Å². The molecule has 5 atom stereocenters. The molecule has 6 nitrogen and oxygen atoms in total. The normalized spacial score (nSPS) is 21.5. The number of benzene rings is 5. The molecule has 0 aromatic heterocycles. The largest absolute Gasteiger partial charge is 0.507 e. The highest BCUT2D eigenvalue weighted by Crippen LogP contribution is 2.38. The van der Waals surface area contributed by atoms with Gasteiger partial charge in [0.2, 0.25) is 0 Å². The monoisotopic (exact) mass is 682 g/mol. The minimum Gasteiger partial charge on any atom is -0.507 e. The summed E-state index contributed by atoms with van der Waals surface area (Å²) in [5.41, 5.74) is 7.28. The number of allylic oxidation sites excluding steroid dienone is 3. The standard InChI is InChI=1S/C46H42N4O2/c1-31-23-37-27-47-41(33-15-7-3-8-16-33)43(35-19-11-5-12-20-35)49-29-39-25-32(2)26-40(46(39)52)30-50-44(36-21-13-6-14-22-36)42(34-17-9-4-10-18-34)48-28-38(24-31)45(37)51/h3-21,23-30,36,41-44,51-52H,22H2,1-2H3/t36?,41-,42-,43-,44-/m1/s1. The Kier molecular flexibility index (Phi) is 10.4. The Hall–Kier alpha value is -6.14. The van der Waals surface area contributed by atoms with Crippen molar-refractivity contribution in [1.82, 2.24) is 0 Å². The van der Waals surface area contributed by atoms with Crippen LogP contribution in [0.15, 0.2) is 160 Å². The van der Waals surface area contributed by atoms with Crippen LogP contribution < -0.4 is 0 Å². The third-order valence-corrected chi connectivity index (χ3v) is 9.63. The van der Waals surface area contributed by atoms with Crippen LogP contribution in [0.3, 0.4) is 0 Å². The van der Waals surface area contributed by atoms with Crippen molar-refractivity contribution >= 4 is 24.9 Å². The zero-order valence-corrected chi connectivity index (χ0v) is 29.4. The second kappa shape index (κ2) is 15.8. The molecule has 0 saturated heterocycles. The molecule has 2 aliphatic rings. The predicted octanol–water partition coefficient (Wildman–Crippen LogP) is 9.83. The first-order chi connectivity index (χ1) is 25.4. The number of rotatable bonds is 4. The minimum atomic E-state index is -0.440. The van der Waals surface area contributed by atoms with Gasteiger partial charge in [0.25, 0.3) is 0 Å². The average molecular weight is 683 g/mol. The molecule has 0 radical (unpaired) electrons. The second-order valence-corrected chi connectivity index (χ2v) is 13.5.